The minimum atomic E-state index is -3.21. The highest BCUT2D eigenvalue weighted by atomic mass is 35.5. The summed E-state index contributed by atoms with van der Waals surface area (Å²) >= 11 is 5.94. The van der Waals surface area contributed by atoms with Crippen LogP contribution in [0.25, 0.3) is 10.9 Å². The van der Waals surface area contributed by atoms with E-state index in [0.717, 1.165) is 40.4 Å². The predicted octanol–water partition coefficient (Wildman–Crippen LogP) is 3.55. The molecule has 1 aromatic heterocycles. The molecule has 1 heterocycles. The van der Waals surface area contributed by atoms with Crippen molar-refractivity contribution < 1.29 is 8.42 Å². The molecular formula is C19H21ClN4O2S. The van der Waals surface area contributed by atoms with Gasteiger partial charge in [-0.15, -0.1) is 0 Å². The van der Waals surface area contributed by atoms with Gasteiger partial charge >= 0.3 is 0 Å². The molecule has 2 aromatic carbocycles. The van der Waals surface area contributed by atoms with Crippen LogP contribution in [0.4, 0.5) is 5.69 Å². The van der Waals surface area contributed by atoms with Crippen molar-refractivity contribution in [1.29, 1.82) is 0 Å². The zero-order chi connectivity index (χ0) is 19.3. The topological polar surface area (TPSA) is 86.3 Å². The highest BCUT2D eigenvalue weighted by molar-refractivity contribution is 7.88. The fourth-order valence-electron chi connectivity index (χ4n) is 2.70. The largest absolute Gasteiger partial charge is 0.361 e. The lowest BCUT2D eigenvalue weighted by molar-refractivity contribution is 0.587. The van der Waals surface area contributed by atoms with Crippen molar-refractivity contribution in [2.75, 3.05) is 18.1 Å². The van der Waals surface area contributed by atoms with E-state index in [2.05, 4.69) is 20.0 Å². The smallest absolute Gasteiger partial charge is 0.209 e. The Morgan fingerprint density at radius 3 is 2.85 bits per heavy atom. The van der Waals surface area contributed by atoms with Crippen LogP contribution in [0.1, 0.15) is 11.1 Å². The van der Waals surface area contributed by atoms with E-state index in [4.69, 9.17) is 11.6 Å². The Morgan fingerprint density at radius 1 is 1.22 bits per heavy atom. The molecule has 3 rings (SSSR count). The number of nitrogens with zero attached hydrogens (tertiary/aromatic N) is 1. The van der Waals surface area contributed by atoms with Crippen molar-refractivity contribution in [1.82, 2.24) is 9.71 Å². The summed E-state index contributed by atoms with van der Waals surface area (Å²) in [5.74, 6) is 0. The van der Waals surface area contributed by atoms with E-state index >= 15 is 0 Å². The summed E-state index contributed by atoms with van der Waals surface area (Å²) in [6.45, 7) is 0.910. The lowest BCUT2D eigenvalue weighted by Gasteiger charge is -2.04. The van der Waals surface area contributed by atoms with Crippen molar-refractivity contribution in [3.8, 4) is 0 Å². The number of sulfonamides is 1. The van der Waals surface area contributed by atoms with Crippen LogP contribution in [0.15, 0.2) is 53.7 Å². The number of hydrogen-bond donors (Lipinski definition) is 3. The Hall–Kier alpha value is -2.35. The van der Waals surface area contributed by atoms with Crippen molar-refractivity contribution in [3.05, 3.63) is 64.8 Å². The second-order valence-electron chi connectivity index (χ2n) is 6.23. The van der Waals surface area contributed by atoms with Crippen LogP contribution in [0, 0.1) is 0 Å². The molecule has 3 aromatic rings. The Labute approximate surface area is 163 Å². The van der Waals surface area contributed by atoms with Gasteiger partial charge in [0.25, 0.3) is 0 Å². The predicted molar refractivity (Wildman–Crippen MR) is 112 cm³/mol. The Kier molecular flexibility index (Phi) is 6.15. The number of benzene rings is 2. The molecule has 0 aliphatic heterocycles. The molecule has 0 bridgehead atoms. The number of fused-ring (bicyclic) bond motifs is 1. The maximum Gasteiger partial charge on any atom is 0.209 e. The van der Waals surface area contributed by atoms with E-state index in [1.807, 2.05) is 48.7 Å². The summed E-state index contributed by atoms with van der Waals surface area (Å²) in [6.07, 6.45) is 5.57. The fourth-order valence-corrected chi connectivity index (χ4v) is 3.32. The number of aromatic amines is 1. The Bertz CT molecular complexity index is 1060. The zero-order valence-corrected chi connectivity index (χ0v) is 16.4. The molecule has 0 atom stereocenters. The van der Waals surface area contributed by atoms with Gasteiger partial charge in [-0.25, -0.2) is 13.1 Å². The molecule has 0 saturated carbocycles. The van der Waals surface area contributed by atoms with Crippen molar-refractivity contribution in [2.45, 2.75) is 13.0 Å². The number of anilines is 1. The molecule has 142 valence electrons. The first-order chi connectivity index (χ1) is 12.9. The summed E-state index contributed by atoms with van der Waals surface area (Å²) in [5.41, 5.74) is 3.97. The number of halogens is 1. The first kappa shape index (κ1) is 19.4. The van der Waals surface area contributed by atoms with Crippen LogP contribution in [-0.2, 0) is 23.0 Å². The van der Waals surface area contributed by atoms with Crippen LogP contribution in [0.3, 0.4) is 0 Å². The lowest BCUT2D eigenvalue weighted by Crippen LogP contribution is -2.21. The van der Waals surface area contributed by atoms with Crippen molar-refractivity contribution in [2.24, 2.45) is 4.99 Å². The minimum absolute atomic E-state index is 0.279. The third-order valence-corrected chi connectivity index (χ3v) is 4.93. The highest BCUT2D eigenvalue weighted by Gasteiger charge is 2.06. The molecule has 0 amide bonds. The van der Waals surface area contributed by atoms with Crippen LogP contribution in [0.2, 0.25) is 5.02 Å². The van der Waals surface area contributed by atoms with Gasteiger partial charge in [0, 0.05) is 40.9 Å². The molecule has 0 unspecified atom stereocenters. The summed E-state index contributed by atoms with van der Waals surface area (Å²) in [7, 11) is -3.21. The maximum atomic E-state index is 11.3. The number of hydrogen-bond acceptors (Lipinski definition) is 3. The Balaban J connectivity index is 1.60. The fraction of sp³-hybridized carbons (Fsp3) is 0.211. The normalized spacial score (nSPS) is 12.1. The minimum Gasteiger partial charge on any atom is -0.361 e. The first-order valence-corrected chi connectivity index (χ1v) is 10.7. The van der Waals surface area contributed by atoms with Gasteiger partial charge in [0.2, 0.25) is 10.0 Å². The van der Waals surface area contributed by atoms with E-state index in [1.54, 1.807) is 6.34 Å². The van der Waals surface area contributed by atoms with Crippen LogP contribution in [-0.4, -0.2) is 32.5 Å². The number of aromatic nitrogens is 1. The molecule has 0 aliphatic carbocycles. The summed E-state index contributed by atoms with van der Waals surface area (Å²) in [6, 6.07) is 13.3. The molecule has 0 aliphatic rings. The maximum absolute atomic E-state index is 11.3. The SMILES string of the molecule is CS(=O)(=O)NCc1ccc2[nH]cc(CCN=CNc3cccc(Cl)c3)c2c1. The molecule has 0 spiro atoms. The second-order valence-corrected chi connectivity index (χ2v) is 8.50. The highest BCUT2D eigenvalue weighted by Crippen LogP contribution is 2.20. The van der Waals surface area contributed by atoms with E-state index < -0.39 is 10.0 Å². The van der Waals surface area contributed by atoms with E-state index in [9.17, 15) is 8.42 Å². The van der Waals surface area contributed by atoms with Gasteiger partial charge in [0.15, 0.2) is 0 Å². The molecule has 8 heteroatoms. The van der Waals surface area contributed by atoms with Crippen LogP contribution >= 0.6 is 11.6 Å². The number of rotatable bonds is 8. The molecule has 0 saturated heterocycles. The van der Waals surface area contributed by atoms with Gasteiger partial charge in [-0.1, -0.05) is 23.7 Å². The number of nitrogens with one attached hydrogen (secondary N) is 3. The van der Waals surface area contributed by atoms with Gasteiger partial charge in [-0.05, 0) is 47.9 Å². The molecule has 6 nitrogen and oxygen atoms in total. The van der Waals surface area contributed by atoms with Crippen LogP contribution in [0.5, 0.6) is 0 Å². The van der Waals surface area contributed by atoms with E-state index in [-0.39, 0.29) is 6.54 Å². The second kappa shape index (κ2) is 8.56. The summed E-state index contributed by atoms with van der Waals surface area (Å²) in [4.78, 5) is 7.62. The molecule has 27 heavy (non-hydrogen) atoms. The zero-order valence-electron chi connectivity index (χ0n) is 14.9. The third-order valence-electron chi connectivity index (χ3n) is 4.03. The average Bonchev–Trinajstić information content (AvgIpc) is 3.01. The van der Waals surface area contributed by atoms with Gasteiger partial charge in [-0.2, -0.15) is 0 Å². The summed E-state index contributed by atoms with van der Waals surface area (Å²) in [5, 5.41) is 4.85. The van der Waals surface area contributed by atoms with Gasteiger partial charge in [0.05, 0.1) is 12.6 Å². The first-order valence-electron chi connectivity index (χ1n) is 8.45. The van der Waals surface area contributed by atoms with Gasteiger partial charge < -0.3 is 10.3 Å². The van der Waals surface area contributed by atoms with Crippen LogP contribution < -0.4 is 10.0 Å². The monoisotopic (exact) mass is 404 g/mol. The number of H-pyrrole nitrogens is 1. The molecular weight excluding hydrogens is 384 g/mol. The molecule has 3 N–H and O–H groups in total. The average molecular weight is 405 g/mol. The lowest BCUT2D eigenvalue weighted by atomic mass is 10.1. The van der Waals surface area contributed by atoms with Crippen molar-refractivity contribution >= 4 is 44.6 Å². The third kappa shape index (κ3) is 5.82. The summed E-state index contributed by atoms with van der Waals surface area (Å²) < 4.78 is 25.0. The molecule has 0 fully saturated rings. The standard InChI is InChI=1S/C19H21ClN4O2S/c1-27(25,26)24-11-14-5-6-19-18(9-14)15(12-22-19)7-8-21-13-23-17-4-2-3-16(20)10-17/h2-6,9-10,12-13,22,24H,7-8,11H2,1H3,(H,21,23). The van der Waals surface area contributed by atoms with Crippen molar-refractivity contribution in [3.63, 3.8) is 0 Å². The number of aliphatic imine (C=N–C) groups is 1. The Morgan fingerprint density at radius 2 is 2.07 bits per heavy atom. The van der Waals surface area contributed by atoms with Gasteiger partial charge in [0.1, 0.15) is 0 Å². The van der Waals surface area contributed by atoms with E-state index in [0.29, 0.717) is 11.6 Å². The molecule has 0 radical (unpaired) electrons. The quantitative estimate of drug-likeness (QED) is 0.396. The van der Waals surface area contributed by atoms with Gasteiger partial charge in [-0.3, -0.25) is 4.99 Å². The van der Waals surface area contributed by atoms with E-state index in [1.165, 1.54) is 0 Å².